The Morgan fingerprint density at radius 1 is 1.27 bits per heavy atom. The number of nitrogens with two attached hydrogens (primary N) is 1. The SMILES string of the molecule is C[C@@]1(O)[C@H](O)[C@@H](CO)O[C@H]1C1=NC(N)(c2ccccc2)C2=NC=NC2=N1. The third kappa shape index (κ3) is 2.37. The molecule has 0 amide bonds. The molecule has 9 nitrogen and oxygen atoms in total. The van der Waals surface area contributed by atoms with Crippen molar-refractivity contribution in [3.05, 3.63) is 35.9 Å². The van der Waals surface area contributed by atoms with E-state index in [0.717, 1.165) is 0 Å². The highest BCUT2D eigenvalue weighted by Gasteiger charge is 2.55. The zero-order valence-corrected chi connectivity index (χ0v) is 14.0. The highest BCUT2D eigenvalue weighted by Crippen LogP contribution is 2.35. The van der Waals surface area contributed by atoms with Gasteiger partial charge < -0.3 is 20.1 Å². The lowest BCUT2D eigenvalue weighted by molar-refractivity contribution is -0.0484. The molecule has 5 N–H and O–H groups in total. The Balaban J connectivity index is 1.82. The van der Waals surface area contributed by atoms with Gasteiger partial charge in [-0.15, -0.1) is 0 Å². The molecule has 5 atom stereocenters. The van der Waals surface area contributed by atoms with E-state index in [-0.39, 0.29) is 11.7 Å². The summed E-state index contributed by atoms with van der Waals surface area (Å²) in [5.41, 5.74) is 4.59. The van der Waals surface area contributed by atoms with Crippen LogP contribution in [0.4, 0.5) is 0 Å². The van der Waals surface area contributed by atoms with Crippen LogP contribution in [0.2, 0.25) is 0 Å². The molecule has 1 fully saturated rings. The second kappa shape index (κ2) is 5.86. The maximum absolute atomic E-state index is 10.7. The van der Waals surface area contributed by atoms with Gasteiger partial charge in [-0.1, -0.05) is 30.3 Å². The normalized spacial score (nSPS) is 38.7. The average Bonchev–Trinajstić information content (AvgIpc) is 3.20. The Labute approximate surface area is 149 Å². The number of nitrogens with zero attached hydrogens (tertiary/aromatic N) is 4. The van der Waals surface area contributed by atoms with Gasteiger partial charge in [0.05, 0.1) is 6.61 Å². The number of aliphatic hydroxyl groups is 3. The van der Waals surface area contributed by atoms with E-state index in [1.165, 1.54) is 13.3 Å². The van der Waals surface area contributed by atoms with E-state index in [1.807, 2.05) is 30.3 Å². The molecule has 136 valence electrons. The van der Waals surface area contributed by atoms with Gasteiger partial charge in [-0.25, -0.2) is 20.0 Å². The molecule has 9 heteroatoms. The molecular formula is C17H19N5O4. The number of aliphatic imine (C=N–C) groups is 4. The van der Waals surface area contributed by atoms with E-state index in [4.69, 9.17) is 10.5 Å². The number of hydrogen-bond donors (Lipinski definition) is 4. The predicted octanol–water partition coefficient (Wildman–Crippen LogP) is -1.04. The summed E-state index contributed by atoms with van der Waals surface area (Å²) in [6.07, 6.45) is -1.99. The van der Waals surface area contributed by atoms with Gasteiger partial charge in [0.1, 0.15) is 36.0 Å². The van der Waals surface area contributed by atoms with Crippen molar-refractivity contribution >= 4 is 23.7 Å². The van der Waals surface area contributed by atoms with Crippen LogP contribution in [0.25, 0.3) is 0 Å². The second-order valence-corrected chi connectivity index (χ2v) is 6.67. The number of aliphatic hydroxyl groups excluding tert-OH is 2. The van der Waals surface area contributed by atoms with Crippen LogP contribution in [0.3, 0.4) is 0 Å². The van der Waals surface area contributed by atoms with Crippen LogP contribution in [0.5, 0.6) is 0 Å². The average molecular weight is 357 g/mol. The Kier molecular flexibility index (Phi) is 3.86. The maximum Gasteiger partial charge on any atom is 0.182 e. The van der Waals surface area contributed by atoms with Crippen molar-refractivity contribution < 1.29 is 20.1 Å². The third-order valence-corrected chi connectivity index (χ3v) is 4.87. The van der Waals surface area contributed by atoms with Crippen LogP contribution in [-0.4, -0.2) is 69.6 Å². The molecule has 1 unspecified atom stereocenters. The van der Waals surface area contributed by atoms with Gasteiger partial charge in [-0.3, -0.25) is 5.73 Å². The Morgan fingerprint density at radius 2 is 2.00 bits per heavy atom. The Morgan fingerprint density at radius 3 is 2.65 bits per heavy atom. The molecule has 1 aromatic rings. The molecule has 0 bridgehead atoms. The molecule has 1 saturated heterocycles. The van der Waals surface area contributed by atoms with Gasteiger partial charge in [0.2, 0.25) is 0 Å². The molecule has 0 aliphatic carbocycles. The van der Waals surface area contributed by atoms with Crippen LogP contribution in [-0.2, 0) is 10.4 Å². The number of amidine groups is 2. The second-order valence-electron chi connectivity index (χ2n) is 6.67. The molecule has 4 rings (SSSR count). The van der Waals surface area contributed by atoms with Crippen LogP contribution in [0.15, 0.2) is 50.3 Å². The lowest BCUT2D eigenvalue weighted by Crippen LogP contribution is -2.53. The van der Waals surface area contributed by atoms with Crippen molar-refractivity contribution in [2.75, 3.05) is 6.61 Å². The molecule has 1 aromatic carbocycles. The van der Waals surface area contributed by atoms with Gasteiger partial charge in [0.15, 0.2) is 17.3 Å². The molecule has 0 aromatic heterocycles. The highest BCUT2D eigenvalue weighted by atomic mass is 16.6. The highest BCUT2D eigenvalue weighted by molar-refractivity contribution is 6.51. The molecule has 0 radical (unpaired) electrons. The number of hydrogen-bond acceptors (Lipinski definition) is 9. The molecule has 26 heavy (non-hydrogen) atoms. The fourth-order valence-corrected chi connectivity index (χ4v) is 3.37. The smallest absolute Gasteiger partial charge is 0.182 e. The quantitative estimate of drug-likeness (QED) is 0.546. The molecule has 3 heterocycles. The van der Waals surface area contributed by atoms with Crippen molar-refractivity contribution in [1.82, 2.24) is 0 Å². The van der Waals surface area contributed by atoms with E-state index in [9.17, 15) is 15.3 Å². The largest absolute Gasteiger partial charge is 0.394 e. The van der Waals surface area contributed by atoms with Crippen molar-refractivity contribution in [1.29, 1.82) is 0 Å². The predicted molar refractivity (Wildman–Crippen MR) is 95.5 cm³/mol. The van der Waals surface area contributed by atoms with Crippen molar-refractivity contribution in [2.24, 2.45) is 25.7 Å². The van der Waals surface area contributed by atoms with Gasteiger partial charge >= 0.3 is 0 Å². The van der Waals surface area contributed by atoms with E-state index in [0.29, 0.717) is 11.3 Å². The first kappa shape index (κ1) is 17.1. The van der Waals surface area contributed by atoms with Crippen LogP contribution >= 0.6 is 0 Å². The molecule has 0 saturated carbocycles. The summed E-state index contributed by atoms with van der Waals surface area (Å²) < 4.78 is 5.62. The summed E-state index contributed by atoms with van der Waals surface area (Å²) in [5, 5.41) is 30.3. The fourth-order valence-electron chi connectivity index (χ4n) is 3.37. The fraction of sp³-hybridized carbons (Fsp3) is 0.412. The first-order chi connectivity index (χ1) is 12.4. The lowest BCUT2D eigenvalue weighted by atomic mass is 9.90. The number of benzene rings is 1. The summed E-state index contributed by atoms with van der Waals surface area (Å²) in [5.74, 6) is 0.368. The lowest BCUT2D eigenvalue weighted by Gasteiger charge is -2.33. The van der Waals surface area contributed by atoms with Gasteiger partial charge in [0.25, 0.3) is 0 Å². The van der Waals surface area contributed by atoms with Crippen molar-refractivity contribution in [2.45, 2.75) is 36.5 Å². The number of fused-ring (bicyclic) bond motifs is 1. The Bertz CT molecular complexity index is 848. The Hall–Kier alpha value is -2.30. The van der Waals surface area contributed by atoms with Gasteiger partial charge in [-0.05, 0) is 6.92 Å². The third-order valence-electron chi connectivity index (χ3n) is 4.87. The summed E-state index contributed by atoms with van der Waals surface area (Å²) in [6, 6.07) is 9.13. The summed E-state index contributed by atoms with van der Waals surface area (Å²) >= 11 is 0. The zero-order chi connectivity index (χ0) is 18.5. The van der Waals surface area contributed by atoms with E-state index < -0.39 is 36.2 Å². The standard InChI is InChI=1S/C17H19N5O4/c1-16(25)12(24)10(7-23)26-13(16)15-21-14-11(19-8-20-14)17(18,22-15)9-5-3-2-4-6-9/h2-6,8,10,12-13,23-25H,7,18H2,1H3/t10-,12-,13+,16-,17?/m1/s1. The number of rotatable bonds is 3. The van der Waals surface area contributed by atoms with Crippen molar-refractivity contribution in [3.63, 3.8) is 0 Å². The van der Waals surface area contributed by atoms with Gasteiger partial charge in [-0.2, -0.15) is 0 Å². The summed E-state index contributed by atoms with van der Waals surface area (Å²) in [4.78, 5) is 17.2. The van der Waals surface area contributed by atoms with Crippen LogP contribution < -0.4 is 5.73 Å². The molecule has 3 aliphatic rings. The van der Waals surface area contributed by atoms with E-state index >= 15 is 0 Å². The van der Waals surface area contributed by atoms with Gasteiger partial charge in [0, 0.05) is 5.56 Å². The monoisotopic (exact) mass is 357 g/mol. The van der Waals surface area contributed by atoms with Crippen LogP contribution in [0, 0.1) is 0 Å². The first-order valence-corrected chi connectivity index (χ1v) is 8.18. The maximum atomic E-state index is 10.7. The minimum atomic E-state index is -1.70. The minimum Gasteiger partial charge on any atom is -0.394 e. The molecular weight excluding hydrogens is 338 g/mol. The van der Waals surface area contributed by atoms with E-state index in [1.54, 1.807) is 0 Å². The van der Waals surface area contributed by atoms with Crippen LogP contribution in [0.1, 0.15) is 12.5 Å². The summed E-state index contributed by atoms with van der Waals surface area (Å²) in [6.45, 7) is 0.956. The zero-order valence-electron chi connectivity index (χ0n) is 14.0. The number of ether oxygens (including phenoxy) is 1. The summed E-state index contributed by atoms with van der Waals surface area (Å²) in [7, 11) is 0. The first-order valence-electron chi connectivity index (χ1n) is 8.18. The minimum absolute atomic E-state index is 0.0874. The molecule has 0 spiro atoms. The van der Waals surface area contributed by atoms with E-state index in [2.05, 4.69) is 20.0 Å². The molecule has 3 aliphatic heterocycles. The van der Waals surface area contributed by atoms with Crippen molar-refractivity contribution in [3.8, 4) is 0 Å². The topological polar surface area (TPSA) is 145 Å².